The van der Waals surface area contributed by atoms with Crippen LogP contribution in [0.2, 0.25) is 12.1 Å². The smallest absolute Gasteiger partial charge is 0.0678 e. The molecule has 0 radical (unpaired) electrons. The lowest BCUT2D eigenvalue weighted by atomic mass is 10.0. The van der Waals surface area contributed by atoms with Crippen molar-refractivity contribution in [1.29, 1.82) is 0 Å². The van der Waals surface area contributed by atoms with E-state index in [0.29, 0.717) is 0 Å². The van der Waals surface area contributed by atoms with Crippen LogP contribution in [0.3, 0.4) is 0 Å². The van der Waals surface area contributed by atoms with Gasteiger partial charge in [-0.25, -0.2) is 0 Å². The third-order valence-electron chi connectivity index (χ3n) is 4.76. The molecule has 0 spiro atoms. The van der Waals surface area contributed by atoms with Crippen molar-refractivity contribution in [2.75, 3.05) is 0 Å². The molecule has 0 nitrogen and oxygen atoms in total. The number of rotatable bonds is 2. The topological polar surface area (TPSA) is 0 Å². The first-order valence-electron chi connectivity index (χ1n) is 6.39. The minimum absolute atomic E-state index is 0.658. The SMILES string of the molecule is C[SiH](c1ccccc1)C1CC2CCC1C2. The third-order valence-corrected chi connectivity index (χ3v) is 8.30. The Balaban J connectivity index is 1.78. The molecule has 4 unspecified atom stereocenters. The Morgan fingerprint density at radius 1 is 1.07 bits per heavy atom. The van der Waals surface area contributed by atoms with E-state index in [1.165, 1.54) is 6.42 Å². The van der Waals surface area contributed by atoms with E-state index in [4.69, 9.17) is 0 Å². The van der Waals surface area contributed by atoms with Crippen molar-refractivity contribution in [3.05, 3.63) is 30.3 Å². The standard InChI is InChI=1S/C14H20Si/c1-15(13-5-3-2-4-6-13)14-10-11-7-8-12(14)9-11/h2-6,11-12,14-15H,7-10H2,1H3. The van der Waals surface area contributed by atoms with Crippen LogP contribution in [0.5, 0.6) is 0 Å². The average Bonchev–Trinajstić information content (AvgIpc) is 2.91. The second-order valence-electron chi connectivity index (χ2n) is 5.54. The van der Waals surface area contributed by atoms with E-state index in [1.54, 1.807) is 24.4 Å². The zero-order valence-corrected chi connectivity index (χ0v) is 10.7. The van der Waals surface area contributed by atoms with Gasteiger partial charge in [-0.2, -0.15) is 0 Å². The Morgan fingerprint density at radius 2 is 1.87 bits per heavy atom. The molecule has 0 N–H and O–H groups in total. The second-order valence-corrected chi connectivity index (χ2v) is 8.64. The summed E-state index contributed by atoms with van der Waals surface area (Å²) in [7, 11) is -0.658. The first kappa shape index (κ1) is 9.65. The predicted molar refractivity (Wildman–Crippen MR) is 68.3 cm³/mol. The molecule has 2 bridgehead atoms. The molecule has 80 valence electrons. The zero-order chi connectivity index (χ0) is 10.3. The molecular weight excluding hydrogens is 196 g/mol. The highest BCUT2D eigenvalue weighted by atomic mass is 28.3. The van der Waals surface area contributed by atoms with Crippen molar-refractivity contribution >= 4 is 14.0 Å². The molecule has 0 amide bonds. The summed E-state index contributed by atoms with van der Waals surface area (Å²) in [5, 5.41) is 1.69. The molecule has 2 aliphatic rings. The van der Waals surface area contributed by atoms with Crippen LogP contribution < -0.4 is 5.19 Å². The van der Waals surface area contributed by atoms with Crippen LogP contribution in [-0.4, -0.2) is 8.80 Å². The largest absolute Gasteiger partial charge is 0.0711 e. The van der Waals surface area contributed by atoms with Crippen LogP contribution in [0.1, 0.15) is 25.7 Å². The van der Waals surface area contributed by atoms with Crippen LogP contribution in [0.15, 0.2) is 30.3 Å². The van der Waals surface area contributed by atoms with Crippen LogP contribution in [0.4, 0.5) is 0 Å². The van der Waals surface area contributed by atoms with E-state index in [1.807, 2.05) is 0 Å². The van der Waals surface area contributed by atoms with Crippen LogP contribution >= 0.6 is 0 Å². The Hall–Kier alpha value is -0.563. The molecule has 1 aromatic rings. The fraction of sp³-hybridized carbons (Fsp3) is 0.571. The molecular formula is C14H20Si. The monoisotopic (exact) mass is 216 g/mol. The summed E-state index contributed by atoms with van der Waals surface area (Å²) in [6, 6.07) is 11.3. The van der Waals surface area contributed by atoms with Gasteiger partial charge in [0, 0.05) is 0 Å². The highest BCUT2D eigenvalue weighted by Crippen LogP contribution is 2.52. The van der Waals surface area contributed by atoms with E-state index in [9.17, 15) is 0 Å². The summed E-state index contributed by atoms with van der Waals surface area (Å²) < 4.78 is 0. The number of hydrogen-bond acceptors (Lipinski definition) is 0. The maximum atomic E-state index is 2.57. The van der Waals surface area contributed by atoms with Crippen LogP contribution in [-0.2, 0) is 0 Å². The van der Waals surface area contributed by atoms with Gasteiger partial charge in [0.1, 0.15) is 0 Å². The predicted octanol–water partition coefficient (Wildman–Crippen LogP) is 2.94. The summed E-state index contributed by atoms with van der Waals surface area (Å²) in [4.78, 5) is 0. The second kappa shape index (κ2) is 3.78. The summed E-state index contributed by atoms with van der Waals surface area (Å²) in [6.07, 6.45) is 6.21. The zero-order valence-electron chi connectivity index (χ0n) is 9.52. The van der Waals surface area contributed by atoms with Crippen molar-refractivity contribution in [1.82, 2.24) is 0 Å². The number of benzene rings is 1. The maximum absolute atomic E-state index is 2.57. The molecule has 0 heterocycles. The molecule has 4 atom stereocenters. The third kappa shape index (κ3) is 1.67. The normalized spacial score (nSPS) is 35.7. The average molecular weight is 216 g/mol. The molecule has 3 rings (SSSR count). The van der Waals surface area contributed by atoms with Crippen molar-refractivity contribution in [3.8, 4) is 0 Å². The molecule has 0 aromatic heterocycles. The first-order valence-corrected chi connectivity index (χ1v) is 8.79. The molecule has 1 aromatic carbocycles. The summed E-state index contributed by atoms with van der Waals surface area (Å²) in [5.74, 6) is 2.22. The van der Waals surface area contributed by atoms with Gasteiger partial charge in [0.05, 0.1) is 8.80 Å². The molecule has 0 aliphatic heterocycles. The van der Waals surface area contributed by atoms with E-state index < -0.39 is 8.80 Å². The fourth-order valence-electron chi connectivity index (χ4n) is 3.91. The maximum Gasteiger partial charge on any atom is 0.0711 e. The van der Waals surface area contributed by atoms with Gasteiger partial charge >= 0.3 is 0 Å². The first-order chi connectivity index (χ1) is 7.34. The van der Waals surface area contributed by atoms with Gasteiger partial charge < -0.3 is 0 Å². The van der Waals surface area contributed by atoms with Gasteiger partial charge in [0.15, 0.2) is 0 Å². The van der Waals surface area contributed by atoms with Crippen LogP contribution in [0.25, 0.3) is 0 Å². The molecule has 2 fully saturated rings. The molecule has 15 heavy (non-hydrogen) atoms. The van der Waals surface area contributed by atoms with Gasteiger partial charge in [-0.05, 0) is 30.2 Å². The van der Waals surface area contributed by atoms with Crippen molar-refractivity contribution in [2.45, 2.75) is 37.8 Å². The summed E-state index contributed by atoms with van der Waals surface area (Å²) in [5.41, 5.74) is 1.12. The lowest BCUT2D eigenvalue weighted by molar-refractivity contribution is 0.475. The molecule has 0 saturated heterocycles. The van der Waals surface area contributed by atoms with Crippen LogP contribution in [0, 0.1) is 11.8 Å². The van der Waals surface area contributed by atoms with Crippen molar-refractivity contribution < 1.29 is 0 Å². The fourth-order valence-corrected chi connectivity index (χ4v) is 7.19. The van der Waals surface area contributed by atoms with E-state index >= 15 is 0 Å². The van der Waals surface area contributed by atoms with E-state index in [0.717, 1.165) is 17.4 Å². The lowest BCUT2D eigenvalue weighted by Gasteiger charge is -2.27. The van der Waals surface area contributed by atoms with E-state index in [2.05, 4.69) is 36.9 Å². The van der Waals surface area contributed by atoms with Gasteiger partial charge in [-0.3, -0.25) is 0 Å². The number of fused-ring (bicyclic) bond motifs is 2. The van der Waals surface area contributed by atoms with Crippen molar-refractivity contribution in [3.63, 3.8) is 0 Å². The Kier molecular flexibility index (Phi) is 2.43. The molecule has 1 heteroatoms. The molecule has 2 aliphatic carbocycles. The quantitative estimate of drug-likeness (QED) is 0.667. The van der Waals surface area contributed by atoms with E-state index in [-0.39, 0.29) is 0 Å². The highest BCUT2D eigenvalue weighted by Gasteiger charge is 2.42. The summed E-state index contributed by atoms with van der Waals surface area (Å²) >= 11 is 0. The Morgan fingerprint density at radius 3 is 2.47 bits per heavy atom. The van der Waals surface area contributed by atoms with Gasteiger partial charge in [0.25, 0.3) is 0 Å². The van der Waals surface area contributed by atoms with Crippen molar-refractivity contribution in [2.24, 2.45) is 11.8 Å². The minimum atomic E-state index is -0.658. The molecule has 2 saturated carbocycles. The summed E-state index contributed by atoms with van der Waals surface area (Å²) in [6.45, 7) is 2.57. The lowest BCUT2D eigenvalue weighted by Crippen LogP contribution is -2.34. The Labute approximate surface area is 94.3 Å². The van der Waals surface area contributed by atoms with Gasteiger partial charge in [-0.1, -0.05) is 54.9 Å². The van der Waals surface area contributed by atoms with Gasteiger partial charge in [-0.15, -0.1) is 0 Å². The Bertz CT molecular complexity index is 332. The highest BCUT2D eigenvalue weighted by molar-refractivity contribution is 6.73. The van der Waals surface area contributed by atoms with Gasteiger partial charge in [0.2, 0.25) is 0 Å². The minimum Gasteiger partial charge on any atom is -0.0678 e. The number of hydrogen-bond donors (Lipinski definition) is 0.